The summed E-state index contributed by atoms with van der Waals surface area (Å²) in [6, 6.07) is 6.10. The van der Waals surface area contributed by atoms with Gasteiger partial charge in [0, 0.05) is 50.0 Å². The highest BCUT2D eigenvalue weighted by atomic mass is 28.4. The van der Waals surface area contributed by atoms with Gasteiger partial charge in [0.2, 0.25) is 0 Å². The summed E-state index contributed by atoms with van der Waals surface area (Å²) in [6.07, 6.45) is 0. The summed E-state index contributed by atoms with van der Waals surface area (Å²) in [4.78, 5) is 0. The maximum atomic E-state index is 6.06. The Bertz CT molecular complexity index is 521. The first-order valence-electron chi connectivity index (χ1n) is 9.94. The van der Waals surface area contributed by atoms with Crippen molar-refractivity contribution in [2.24, 2.45) is 0 Å². The third-order valence-electron chi connectivity index (χ3n) is 3.92. The monoisotopic (exact) mass is 416 g/mol. The van der Waals surface area contributed by atoms with Crippen LogP contribution in [0.2, 0.25) is 0 Å². The van der Waals surface area contributed by atoms with Gasteiger partial charge in [0.15, 0.2) is 0 Å². The van der Waals surface area contributed by atoms with Crippen molar-refractivity contribution >= 4 is 28.0 Å². The van der Waals surface area contributed by atoms with Gasteiger partial charge in [-0.1, -0.05) is 18.2 Å². The molecule has 0 aliphatic carbocycles. The number of hydrogen-bond acceptors (Lipinski definition) is 6. The third kappa shape index (κ3) is 5.94. The smallest absolute Gasteiger partial charge is 0.370 e. The van der Waals surface area contributed by atoms with Gasteiger partial charge in [-0.05, 0) is 54.0 Å². The number of aryl methyl sites for hydroxylation is 1. The van der Waals surface area contributed by atoms with E-state index in [-0.39, 0.29) is 0 Å². The lowest BCUT2D eigenvalue weighted by atomic mass is 10.2. The number of rotatable bonds is 14. The molecule has 1 rings (SSSR count). The average molecular weight is 417 g/mol. The molecule has 0 spiro atoms. The fourth-order valence-corrected chi connectivity index (χ4v) is 8.34. The first-order chi connectivity index (χ1) is 13.0. The van der Waals surface area contributed by atoms with Crippen LogP contribution in [0.3, 0.4) is 0 Å². The first-order valence-corrected chi connectivity index (χ1v) is 13.4. The average Bonchev–Trinajstić information content (AvgIpc) is 2.62. The zero-order valence-electron chi connectivity index (χ0n) is 17.9. The van der Waals surface area contributed by atoms with Crippen molar-refractivity contribution in [3.05, 3.63) is 23.8 Å². The first kappa shape index (κ1) is 24.5. The fourth-order valence-electron chi connectivity index (χ4n) is 3.07. The maximum Gasteiger partial charge on any atom is 0.537 e. The van der Waals surface area contributed by atoms with E-state index < -0.39 is 17.6 Å². The van der Waals surface area contributed by atoms with E-state index in [2.05, 4.69) is 6.07 Å². The molecule has 27 heavy (non-hydrogen) atoms. The zero-order chi connectivity index (χ0) is 20.3. The summed E-state index contributed by atoms with van der Waals surface area (Å²) >= 11 is 0. The lowest BCUT2D eigenvalue weighted by Crippen LogP contribution is -2.60. The summed E-state index contributed by atoms with van der Waals surface area (Å²) in [5.74, 6) is 0. The number of benzene rings is 1. The molecule has 156 valence electrons. The van der Waals surface area contributed by atoms with E-state index >= 15 is 0 Å². The van der Waals surface area contributed by atoms with Crippen LogP contribution in [0.4, 0.5) is 0 Å². The normalized spacial score (nSPS) is 12.6. The highest BCUT2D eigenvalue weighted by Gasteiger charge is 2.47. The van der Waals surface area contributed by atoms with Gasteiger partial charge in [0.25, 0.3) is 0 Å². The van der Waals surface area contributed by atoms with Crippen molar-refractivity contribution in [3.8, 4) is 0 Å². The van der Waals surface area contributed by atoms with Gasteiger partial charge >= 0.3 is 17.6 Å². The molecule has 8 heteroatoms. The van der Waals surface area contributed by atoms with Crippen molar-refractivity contribution in [3.63, 3.8) is 0 Å². The van der Waals surface area contributed by atoms with Crippen LogP contribution in [0.15, 0.2) is 18.2 Å². The van der Waals surface area contributed by atoms with Crippen molar-refractivity contribution in [1.82, 2.24) is 0 Å². The van der Waals surface area contributed by atoms with Crippen molar-refractivity contribution in [1.29, 1.82) is 0 Å². The molecule has 0 aliphatic rings. The fraction of sp³-hybridized carbons (Fsp3) is 0.684. The minimum atomic E-state index is -2.96. The topological polar surface area (TPSA) is 55.4 Å². The Morgan fingerprint density at radius 3 is 1.30 bits per heavy atom. The van der Waals surface area contributed by atoms with Crippen molar-refractivity contribution in [2.75, 3.05) is 39.6 Å². The van der Waals surface area contributed by atoms with Gasteiger partial charge in [-0.2, -0.15) is 0 Å². The lowest BCUT2D eigenvalue weighted by molar-refractivity contribution is 0.0844. The Morgan fingerprint density at radius 2 is 0.963 bits per heavy atom. The molecular formula is C19H36O6Si2. The molecule has 1 aromatic carbocycles. The summed E-state index contributed by atoms with van der Waals surface area (Å²) in [6.45, 7) is 17.0. The second-order valence-electron chi connectivity index (χ2n) is 5.74. The summed E-state index contributed by atoms with van der Waals surface area (Å²) in [5, 5.41) is 1.92. The van der Waals surface area contributed by atoms with Crippen LogP contribution in [0.1, 0.15) is 47.1 Å². The van der Waals surface area contributed by atoms with Crippen LogP contribution in [0.5, 0.6) is 0 Å². The molecule has 0 heterocycles. The van der Waals surface area contributed by atoms with E-state index in [0.29, 0.717) is 39.6 Å². The van der Waals surface area contributed by atoms with Gasteiger partial charge in [-0.15, -0.1) is 0 Å². The number of hydrogen-bond donors (Lipinski definition) is 0. The second-order valence-corrected chi connectivity index (χ2v) is 10.8. The molecule has 0 aliphatic heterocycles. The Morgan fingerprint density at radius 1 is 0.593 bits per heavy atom. The molecule has 6 nitrogen and oxygen atoms in total. The molecule has 0 unspecified atom stereocenters. The molecule has 0 saturated heterocycles. The SMILES string of the molecule is CCO[Si](OCC)(OCC)c1ccc([Si](OCC)(OCC)OCC)c(C)c1. The quantitative estimate of drug-likeness (QED) is 0.434. The molecule has 0 atom stereocenters. The van der Waals surface area contributed by atoms with E-state index in [9.17, 15) is 0 Å². The third-order valence-corrected chi connectivity index (χ3v) is 10.2. The molecule has 0 bridgehead atoms. The van der Waals surface area contributed by atoms with Crippen molar-refractivity contribution < 1.29 is 26.6 Å². The van der Waals surface area contributed by atoms with E-state index in [0.717, 1.165) is 15.9 Å². The van der Waals surface area contributed by atoms with Crippen LogP contribution in [0, 0.1) is 6.92 Å². The molecule has 0 saturated carbocycles. The molecule has 0 aromatic heterocycles. The highest BCUT2D eigenvalue weighted by Crippen LogP contribution is 2.16. The van der Waals surface area contributed by atoms with Crippen LogP contribution < -0.4 is 10.4 Å². The summed E-state index contributed by atoms with van der Waals surface area (Å²) in [5.41, 5.74) is 1.03. The van der Waals surface area contributed by atoms with Crippen LogP contribution in [0.25, 0.3) is 0 Å². The Hall–Kier alpha value is -0.586. The van der Waals surface area contributed by atoms with E-state index in [1.54, 1.807) is 0 Å². The lowest BCUT2D eigenvalue weighted by Gasteiger charge is -2.32. The molecular weight excluding hydrogens is 380 g/mol. The molecule has 0 N–H and O–H groups in total. The van der Waals surface area contributed by atoms with E-state index in [4.69, 9.17) is 26.6 Å². The summed E-state index contributed by atoms with van der Waals surface area (Å²) < 4.78 is 36.3. The maximum absolute atomic E-state index is 6.06. The largest absolute Gasteiger partial charge is 0.537 e. The van der Waals surface area contributed by atoms with Gasteiger partial charge in [0.05, 0.1) is 0 Å². The molecule has 0 fully saturated rings. The molecule has 0 radical (unpaired) electrons. The Balaban J connectivity index is 3.43. The van der Waals surface area contributed by atoms with Crippen molar-refractivity contribution in [2.45, 2.75) is 48.5 Å². The standard InChI is InChI=1S/C19H36O6Si2/c1-8-20-26(21-9-2,22-10-3)18-14-15-19(17(7)16-18)27(23-11-4,24-12-5)25-13-6/h14-16H,8-13H2,1-7H3. The zero-order valence-corrected chi connectivity index (χ0v) is 19.9. The summed E-state index contributed by atoms with van der Waals surface area (Å²) in [7, 11) is -5.91. The Kier molecular flexibility index (Phi) is 10.9. The van der Waals surface area contributed by atoms with Gasteiger partial charge in [-0.3, -0.25) is 0 Å². The molecule has 0 amide bonds. The second kappa shape index (κ2) is 12.1. The minimum absolute atomic E-state index is 0.530. The van der Waals surface area contributed by atoms with Crippen LogP contribution >= 0.6 is 0 Å². The van der Waals surface area contributed by atoms with E-state index in [1.165, 1.54) is 0 Å². The van der Waals surface area contributed by atoms with Gasteiger partial charge in [-0.25, -0.2) is 0 Å². The predicted molar refractivity (Wildman–Crippen MR) is 112 cm³/mol. The molecule has 1 aromatic rings. The minimum Gasteiger partial charge on any atom is -0.370 e. The van der Waals surface area contributed by atoms with Gasteiger partial charge in [0.1, 0.15) is 0 Å². The highest BCUT2D eigenvalue weighted by molar-refractivity contribution is 6.77. The van der Waals surface area contributed by atoms with Gasteiger partial charge < -0.3 is 26.6 Å². The Labute approximate surface area is 166 Å². The van der Waals surface area contributed by atoms with Crippen LogP contribution in [-0.2, 0) is 26.6 Å². The predicted octanol–water partition coefficient (Wildman–Crippen LogP) is 2.51. The van der Waals surface area contributed by atoms with Crippen LogP contribution in [-0.4, -0.2) is 57.3 Å². The van der Waals surface area contributed by atoms with E-state index in [1.807, 2.05) is 60.6 Å².